The number of hydrogen-bond donors (Lipinski definition) is 1. The van der Waals surface area contributed by atoms with Crippen LogP contribution < -0.4 is 5.32 Å². The van der Waals surface area contributed by atoms with Crippen LogP contribution in [0.25, 0.3) is 0 Å². The SMILES string of the molecule is CNC1CCOC2=C1C=CCC2. The topological polar surface area (TPSA) is 21.3 Å². The van der Waals surface area contributed by atoms with Crippen LogP contribution in [0.5, 0.6) is 0 Å². The number of rotatable bonds is 1. The van der Waals surface area contributed by atoms with Gasteiger partial charge < -0.3 is 10.1 Å². The van der Waals surface area contributed by atoms with Gasteiger partial charge in [-0.3, -0.25) is 0 Å². The van der Waals surface area contributed by atoms with E-state index in [-0.39, 0.29) is 0 Å². The molecule has 1 unspecified atom stereocenters. The number of ether oxygens (including phenoxy) is 1. The molecule has 1 aliphatic carbocycles. The van der Waals surface area contributed by atoms with Gasteiger partial charge in [0, 0.05) is 24.5 Å². The minimum Gasteiger partial charge on any atom is -0.498 e. The van der Waals surface area contributed by atoms with Crippen LogP contribution >= 0.6 is 0 Å². The van der Waals surface area contributed by atoms with Gasteiger partial charge in [0.25, 0.3) is 0 Å². The maximum atomic E-state index is 5.60. The van der Waals surface area contributed by atoms with E-state index in [0.717, 1.165) is 25.9 Å². The Hall–Kier alpha value is -0.760. The third kappa shape index (κ3) is 1.27. The number of nitrogens with one attached hydrogen (secondary N) is 1. The minimum absolute atomic E-state index is 0.519. The molecule has 0 saturated carbocycles. The summed E-state index contributed by atoms with van der Waals surface area (Å²) in [6.07, 6.45) is 7.76. The molecule has 2 nitrogen and oxygen atoms in total. The van der Waals surface area contributed by atoms with Gasteiger partial charge in [-0.2, -0.15) is 0 Å². The minimum atomic E-state index is 0.519. The van der Waals surface area contributed by atoms with E-state index in [1.165, 1.54) is 11.3 Å². The summed E-state index contributed by atoms with van der Waals surface area (Å²) in [5.74, 6) is 1.21. The van der Waals surface area contributed by atoms with E-state index in [0.29, 0.717) is 6.04 Å². The molecule has 0 bridgehead atoms. The van der Waals surface area contributed by atoms with E-state index in [1.807, 2.05) is 7.05 Å². The lowest BCUT2D eigenvalue weighted by Crippen LogP contribution is -2.33. The zero-order valence-electron chi connectivity index (χ0n) is 7.47. The zero-order chi connectivity index (χ0) is 8.39. The van der Waals surface area contributed by atoms with E-state index in [1.54, 1.807) is 0 Å². The molecule has 0 amide bonds. The Bertz CT molecular complexity index is 230. The molecule has 2 rings (SSSR count). The third-order valence-corrected chi connectivity index (χ3v) is 2.56. The van der Waals surface area contributed by atoms with Gasteiger partial charge in [-0.05, 0) is 13.5 Å². The Morgan fingerprint density at radius 1 is 1.58 bits per heavy atom. The highest BCUT2D eigenvalue weighted by Gasteiger charge is 2.22. The van der Waals surface area contributed by atoms with E-state index < -0.39 is 0 Å². The summed E-state index contributed by atoms with van der Waals surface area (Å²) in [5, 5.41) is 3.31. The summed E-state index contributed by atoms with van der Waals surface area (Å²) in [6.45, 7) is 0.873. The molecule has 0 radical (unpaired) electrons. The fraction of sp³-hybridized carbons (Fsp3) is 0.600. The molecule has 0 fully saturated rings. The van der Waals surface area contributed by atoms with Crippen LogP contribution in [-0.2, 0) is 4.74 Å². The van der Waals surface area contributed by atoms with Crippen molar-refractivity contribution in [1.82, 2.24) is 5.32 Å². The van der Waals surface area contributed by atoms with E-state index >= 15 is 0 Å². The van der Waals surface area contributed by atoms with Crippen molar-refractivity contribution in [2.75, 3.05) is 13.7 Å². The largest absolute Gasteiger partial charge is 0.498 e. The van der Waals surface area contributed by atoms with Crippen LogP contribution in [0, 0.1) is 0 Å². The molecule has 0 saturated heterocycles. The van der Waals surface area contributed by atoms with E-state index in [4.69, 9.17) is 4.74 Å². The average molecular weight is 165 g/mol. The highest BCUT2D eigenvalue weighted by atomic mass is 16.5. The van der Waals surface area contributed by atoms with Gasteiger partial charge in [-0.25, -0.2) is 0 Å². The average Bonchev–Trinajstić information content (AvgIpc) is 2.17. The molecule has 1 heterocycles. The van der Waals surface area contributed by atoms with Crippen molar-refractivity contribution in [2.24, 2.45) is 0 Å². The van der Waals surface area contributed by atoms with Gasteiger partial charge in [-0.1, -0.05) is 12.2 Å². The van der Waals surface area contributed by atoms with Crippen LogP contribution in [0.15, 0.2) is 23.5 Å². The van der Waals surface area contributed by atoms with Crippen LogP contribution in [-0.4, -0.2) is 19.7 Å². The smallest absolute Gasteiger partial charge is 0.101 e. The fourth-order valence-electron chi connectivity index (χ4n) is 1.88. The second-order valence-corrected chi connectivity index (χ2v) is 3.30. The second-order valence-electron chi connectivity index (χ2n) is 3.30. The molecule has 2 heteroatoms. The summed E-state index contributed by atoms with van der Waals surface area (Å²) in [5.41, 5.74) is 1.37. The van der Waals surface area contributed by atoms with Crippen molar-refractivity contribution in [2.45, 2.75) is 25.3 Å². The molecule has 1 atom stereocenters. The van der Waals surface area contributed by atoms with Gasteiger partial charge in [0.2, 0.25) is 0 Å². The summed E-state index contributed by atoms with van der Waals surface area (Å²) >= 11 is 0. The quantitative estimate of drug-likeness (QED) is 0.637. The van der Waals surface area contributed by atoms with E-state index in [2.05, 4.69) is 17.5 Å². The molecule has 66 valence electrons. The first-order chi connectivity index (χ1) is 5.92. The first-order valence-electron chi connectivity index (χ1n) is 4.61. The Kier molecular flexibility index (Phi) is 2.17. The predicted molar refractivity (Wildman–Crippen MR) is 48.8 cm³/mol. The lowest BCUT2D eigenvalue weighted by atomic mass is 9.94. The van der Waals surface area contributed by atoms with Crippen LogP contribution in [0.3, 0.4) is 0 Å². The molecule has 2 aliphatic rings. The summed E-state index contributed by atoms with van der Waals surface area (Å²) in [6, 6.07) is 0.519. The Balaban J connectivity index is 2.24. The fourth-order valence-corrected chi connectivity index (χ4v) is 1.88. The molecule has 0 aromatic carbocycles. The third-order valence-electron chi connectivity index (χ3n) is 2.56. The summed E-state index contributed by atoms with van der Waals surface area (Å²) in [7, 11) is 2.02. The van der Waals surface area contributed by atoms with Gasteiger partial charge in [0.05, 0.1) is 6.61 Å². The molecular formula is C10H15NO. The molecule has 0 aromatic rings. The van der Waals surface area contributed by atoms with Crippen molar-refractivity contribution in [1.29, 1.82) is 0 Å². The van der Waals surface area contributed by atoms with Gasteiger partial charge in [-0.15, -0.1) is 0 Å². The molecule has 0 spiro atoms. The van der Waals surface area contributed by atoms with Crippen LogP contribution in [0.1, 0.15) is 19.3 Å². The highest BCUT2D eigenvalue weighted by Crippen LogP contribution is 2.27. The Morgan fingerprint density at radius 2 is 2.50 bits per heavy atom. The van der Waals surface area contributed by atoms with Crippen molar-refractivity contribution in [3.05, 3.63) is 23.5 Å². The Morgan fingerprint density at radius 3 is 3.33 bits per heavy atom. The molecule has 1 N–H and O–H groups in total. The predicted octanol–water partition coefficient (Wildman–Crippen LogP) is 1.60. The number of likely N-dealkylation sites (N-methyl/N-ethyl adjacent to an activating group) is 1. The standard InChI is InChI=1S/C10H15NO/c1-11-9-6-7-12-10-5-3-2-4-8(9)10/h2,4,9,11H,3,5-7H2,1H3. The van der Waals surface area contributed by atoms with Gasteiger partial charge in [0.15, 0.2) is 0 Å². The first-order valence-corrected chi connectivity index (χ1v) is 4.61. The lowest BCUT2D eigenvalue weighted by molar-refractivity contribution is 0.166. The van der Waals surface area contributed by atoms with Gasteiger partial charge in [0.1, 0.15) is 5.76 Å². The molecule has 1 aliphatic heterocycles. The molecule has 0 aromatic heterocycles. The van der Waals surface area contributed by atoms with Crippen molar-refractivity contribution < 1.29 is 4.74 Å². The van der Waals surface area contributed by atoms with Gasteiger partial charge >= 0.3 is 0 Å². The summed E-state index contributed by atoms with van der Waals surface area (Å²) in [4.78, 5) is 0. The summed E-state index contributed by atoms with van der Waals surface area (Å²) < 4.78 is 5.60. The van der Waals surface area contributed by atoms with Crippen molar-refractivity contribution in [3.63, 3.8) is 0 Å². The maximum absolute atomic E-state index is 5.60. The zero-order valence-corrected chi connectivity index (χ0v) is 7.47. The second kappa shape index (κ2) is 3.31. The molecular weight excluding hydrogens is 150 g/mol. The van der Waals surface area contributed by atoms with E-state index in [9.17, 15) is 0 Å². The normalized spacial score (nSPS) is 28.2. The lowest BCUT2D eigenvalue weighted by Gasteiger charge is -2.28. The van der Waals surface area contributed by atoms with Crippen LogP contribution in [0.4, 0.5) is 0 Å². The van der Waals surface area contributed by atoms with Crippen molar-refractivity contribution >= 4 is 0 Å². The first kappa shape index (κ1) is 7.87. The highest BCUT2D eigenvalue weighted by molar-refractivity contribution is 5.32. The maximum Gasteiger partial charge on any atom is 0.101 e. The van der Waals surface area contributed by atoms with Crippen LogP contribution in [0.2, 0.25) is 0 Å². The number of allylic oxidation sites excluding steroid dienone is 2. The Labute approximate surface area is 73.3 Å². The van der Waals surface area contributed by atoms with Crippen molar-refractivity contribution in [3.8, 4) is 0 Å². The molecule has 12 heavy (non-hydrogen) atoms. The monoisotopic (exact) mass is 165 g/mol. The number of hydrogen-bond acceptors (Lipinski definition) is 2.